The third kappa shape index (κ3) is 5.63. The molecule has 0 bridgehead atoms. The predicted octanol–water partition coefficient (Wildman–Crippen LogP) is 4.81. The fourth-order valence-corrected chi connectivity index (χ4v) is 6.06. The Morgan fingerprint density at radius 1 is 0.886 bits per heavy atom. The summed E-state index contributed by atoms with van der Waals surface area (Å²) in [6, 6.07) is 19.7. The van der Waals surface area contributed by atoms with E-state index in [9.17, 15) is 13.2 Å². The van der Waals surface area contributed by atoms with E-state index in [-0.39, 0.29) is 17.3 Å². The fourth-order valence-electron chi connectivity index (χ4n) is 4.47. The molecule has 0 saturated carbocycles. The number of carbonyl (C=O) groups excluding carboxylic acids is 1. The van der Waals surface area contributed by atoms with E-state index in [1.54, 1.807) is 47.4 Å². The Morgan fingerprint density at radius 3 is 2.14 bits per heavy atom. The van der Waals surface area contributed by atoms with E-state index in [1.807, 2.05) is 45.0 Å². The molecule has 1 fully saturated rings. The molecular weight excluding hydrogens is 482 g/mol. The lowest BCUT2D eigenvalue weighted by Gasteiger charge is -2.37. The van der Waals surface area contributed by atoms with Crippen molar-refractivity contribution in [3.05, 3.63) is 88.4 Å². The molecule has 1 aliphatic rings. The molecule has 1 heterocycles. The predicted molar refractivity (Wildman–Crippen MR) is 142 cm³/mol. The van der Waals surface area contributed by atoms with E-state index in [4.69, 9.17) is 11.6 Å². The molecule has 35 heavy (non-hydrogen) atoms. The van der Waals surface area contributed by atoms with Crippen molar-refractivity contribution in [2.75, 3.05) is 41.9 Å². The molecule has 0 aliphatic carbocycles. The molecule has 1 aliphatic heterocycles. The maximum atomic E-state index is 13.6. The average Bonchev–Trinajstić information content (AvgIpc) is 2.84. The summed E-state index contributed by atoms with van der Waals surface area (Å²) in [6.45, 7) is 7.96. The highest BCUT2D eigenvalue weighted by Gasteiger charge is 2.30. The second kappa shape index (κ2) is 10.3. The molecule has 0 N–H and O–H groups in total. The van der Waals surface area contributed by atoms with Gasteiger partial charge in [-0.25, -0.2) is 8.42 Å². The number of amides is 1. The van der Waals surface area contributed by atoms with Crippen molar-refractivity contribution in [2.24, 2.45) is 0 Å². The number of hydrogen-bond acceptors (Lipinski definition) is 4. The third-order valence-corrected chi connectivity index (χ3v) is 8.27. The highest BCUT2D eigenvalue weighted by Crippen LogP contribution is 2.28. The second-order valence-corrected chi connectivity index (χ2v) is 11.3. The summed E-state index contributed by atoms with van der Waals surface area (Å²) < 4.78 is 28.5. The van der Waals surface area contributed by atoms with Gasteiger partial charge in [-0.1, -0.05) is 41.9 Å². The quantitative estimate of drug-likeness (QED) is 0.476. The van der Waals surface area contributed by atoms with Crippen LogP contribution in [0.15, 0.2) is 71.6 Å². The minimum atomic E-state index is -3.92. The standard InChI is InChI=1S/C27H30ClN3O3S/c1-20-15-21(2)17-24(16-20)31(35(33,34)25-7-5-4-6-8-25)19-27(32)30-13-11-29(12-14-30)26-18-23(28)10-9-22(26)3/h4-10,15-18H,11-14,19H2,1-3H3. The largest absolute Gasteiger partial charge is 0.368 e. The Kier molecular flexibility index (Phi) is 7.38. The number of aryl methyl sites for hydroxylation is 3. The monoisotopic (exact) mass is 511 g/mol. The fraction of sp³-hybridized carbons (Fsp3) is 0.296. The van der Waals surface area contributed by atoms with Gasteiger partial charge >= 0.3 is 0 Å². The second-order valence-electron chi connectivity index (χ2n) is 8.97. The number of carbonyl (C=O) groups is 1. The van der Waals surface area contributed by atoms with Crippen molar-refractivity contribution in [2.45, 2.75) is 25.7 Å². The van der Waals surface area contributed by atoms with Gasteiger partial charge in [-0.05, 0) is 73.9 Å². The van der Waals surface area contributed by atoms with E-state index >= 15 is 0 Å². The SMILES string of the molecule is Cc1cc(C)cc(N(CC(=O)N2CCN(c3cc(Cl)ccc3C)CC2)S(=O)(=O)c2ccccc2)c1. The Bertz CT molecular complexity index is 1300. The number of sulfonamides is 1. The van der Waals surface area contributed by atoms with Crippen LogP contribution in [-0.2, 0) is 14.8 Å². The lowest BCUT2D eigenvalue weighted by molar-refractivity contribution is -0.129. The summed E-state index contributed by atoms with van der Waals surface area (Å²) in [4.78, 5) is 17.5. The Labute approximate surface area is 212 Å². The summed E-state index contributed by atoms with van der Waals surface area (Å²) in [7, 11) is -3.92. The van der Waals surface area contributed by atoms with Crippen LogP contribution in [0, 0.1) is 20.8 Å². The number of hydrogen-bond donors (Lipinski definition) is 0. The molecule has 0 atom stereocenters. The van der Waals surface area contributed by atoms with Crippen LogP contribution < -0.4 is 9.21 Å². The van der Waals surface area contributed by atoms with E-state index in [1.165, 1.54) is 4.31 Å². The van der Waals surface area contributed by atoms with Crippen molar-refractivity contribution in [1.29, 1.82) is 0 Å². The van der Waals surface area contributed by atoms with Gasteiger partial charge in [0.15, 0.2) is 0 Å². The zero-order chi connectivity index (χ0) is 25.2. The van der Waals surface area contributed by atoms with Gasteiger partial charge in [-0.15, -0.1) is 0 Å². The number of anilines is 2. The van der Waals surface area contributed by atoms with Crippen molar-refractivity contribution >= 4 is 38.9 Å². The number of rotatable bonds is 6. The van der Waals surface area contributed by atoms with Gasteiger partial charge in [0.2, 0.25) is 5.91 Å². The Morgan fingerprint density at radius 2 is 1.51 bits per heavy atom. The highest BCUT2D eigenvalue weighted by atomic mass is 35.5. The summed E-state index contributed by atoms with van der Waals surface area (Å²) in [5.41, 5.74) is 4.56. The van der Waals surface area contributed by atoms with Crippen molar-refractivity contribution in [3.8, 4) is 0 Å². The third-order valence-electron chi connectivity index (χ3n) is 6.25. The van der Waals surface area contributed by atoms with Gasteiger partial charge in [-0.2, -0.15) is 0 Å². The minimum absolute atomic E-state index is 0.160. The van der Waals surface area contributed by atoms with E-state index in [0.29, 0.717) is 36.9 Å². The number of nitrogens with zero attached hydrogens (tertiary/aromatic N) is 3. The lowest BCUT2D eigenvalue weighted by atomic mass is 10.1. The molecule has 6 nitrogen and oxygen atoms in total. The van der Waals surface area contributed by atoms with Crippen molar-refractivity contribution in [1.82, 2.24) is 4.90 Å². The van der Waals surface area contributed by atoms with Crippen LogP contribution in [-0.4, -0.2) is 51.9 Å². The van der Waals surface area contributed by atoms with E-state index in [2.05, 4.69) is 4.90 Å². The van der Waals surface area contributed by atoms with E-state index < -0.39 is 10.0 Å². The molecular formula is C27H30ClN3O3S. The van der Waals surface area contributed by atoms with Crippen LogP contribution in [0.2, 0.25) is 5.02 Å². The van der Waals surface area contributed by atoms with Gasteiger partial charge in [0.1, 0.15) is 6.54 Å². The lowest BCUT2D eigenvalue weighted by Crippen LogP contribution is -2.52. The first-order valence-electron chi connectivity index (χ1n) is 11.6. The van der Waals surface area contributed by atoms with Crippen LogP contribution in [0.1, 0.15) is 16.7 Å². The molecule has 184 valence electrons. The Hall–Kier alpha value is -3.03. The maximum absolute atomic E-state index is 13.6. The smallest absolute Gasteiger partial charge is 0.264 e. The van der Waals surface area contributed by atoms with Crippen LogP contribution in [0.5, 0.6) is 0 Å². The average molecular weight is 512 g/mol. The first-order valence-corrected chi connectivity index (χ1v) is 13.4. The number of piperazine rings is 1. The van der Waals surface area contributed by atoms with Crippen LogP contribution >= 0.6 is 11.6 Å². The molecule has 0 spiro atoms. The highest BCUT2D eigenvalue weighted by molar-refractivity contribution is 7.92. The zero-order valence-corrected chi connectivity index (χ0v) is 21.8. The molecule has 3 aromatic carbocycles. The molecule has 8 heteroatoms. The van der Waals surface area contributed by atoms with Crippen molar-refractivity contribution in [3.63, 3.8) is 0 Å². The summed E-state index contributed by atoms with van der Waals surface area (Å²) >= 11 is 6.19. The minimum Gasteiger partial charge on any atom is -0.368 e. The van der Waals surface area contributed by atoms with Gasteiger partial charge in [0.05, 0.1) is 10.6 Å². The molecule has 0 aromatic heterocycles. The maximum Gasteiger partial charge on any atom is 0.264 e. The number of halogens is 1. The first kappa shape index (κ1) is 25.1. The summed E-state index contributed by atoms with van der Waals surface area (Å²) in [5, 5.41) is 0.680. The van der Waals surface area contributed by atoms with Gasteiger partial charge in [0, 0.05) is 36.9 Å². The molecule has 0 unspecified atom stereocenters. The first-order chi connectivity index (χ1) is 16.6. The molecule has 1 saturated heterocycles. The topological polar surface area (TPSA) is 60.9 Å². The van der Waals surface area contributed by atoms with Crippen LogP contribution in [0.25, 0.3) is 0 Å². The molecule has 0 radical (unpaired) electrons. The van der Waals surface area contributed by atoms with E-state index in [0.717, 1.165) is 22.4 Å². The summed E-state index contributed by atoms with van der Waals surface area (Å²) in [6.07, 6.45) is 0. The van der Waals surface area contributed by atoms with Crippen LogP contribution in [0.4, 0.5) is 11.4 Å². The van der Waals surface area contributed by atoms with Gasteiger partial charge in [0.25, 0.3) is 10.0 Å². The number of benzene rings is 3. The zero-order valence-electron chi connectivity index (χ0n) is 20.2. The molecule has 4 rings (SSSR count). The molecule has 3 aromatic rings. The van der Waals surface area contributed by atoms with Gasteiger partial charge < -0.3 is 9.80 Å². The molecule has 1 amide bonds. The normalized spacial score (nSPS) is 14.2. The van der Waals surface area contributed by atoms with Gasteiger partial charge in [-0.3, -0.25) is 9.10 Å². The van der Waals surface area contributed by atoms with Crippen molar-refractivity contribution < 1.29 is 13.2 Å². The summed E-state index contributed by atoms with van der Waals surface area (Å²) in [5.74, 6) is -0.217. The Balaban J connectivity index is 1.56. The van der Waals surface area contributed by atoms with Crippen LogP contribution in [0.3, 0.4) is 0 Å².